The van der Waals surface area contributed by atoms with Crippen molar-refractivity contribution in [1.82, 2.24) is 15.5 Å². The molecule has 0 aliphatic carbocycles. The van der Waals surface area contributed by atoms with Gasteiger partial charge in [0.1, 0.15) is 0 Å². The zero-order valence-corrected chi connectivity index (χ0v) is 20.5. The number of hydrogen-bond acceptors (Lipinski definition) is 5. The monoisotopic (exact) mass is 560 g/mol. The maximum atomic E-state index is 12.5. The van der Waals surface area contributed by atoms with Gasteiger partial charge in [-0.1, -0.05) is 6.07 Å². The molecule has 1 heterocycles. The highest BCUT2D eigenvalue weighted by atomic mass is 127. The third kappa shape index (κ3) is 9.27. The van der Waals surface area contributed by atoms with Crippen LogP contribution >= 0.6 is 24.0 Å². The van der Waals surface area contributed by atoms with Crippen LogP contribution in [0.15, 0.2) is 23.2 Å². The molecule has 1 fully saturated rings. The molecule has 1 atom stereocenters. The summed E-state index contributed by atoms with van der Waals surface area (Å²) in [5, 5.41) is 5.76. The van der Waals surface area contributed by atoms with Crippen LogP contribution in [0.3, 0.4) is 0 Å². The molecule has 0 saturated carbocycles. The van der Waals surface area contributed by atoms with Crippen LogP contribution in [0.2, 0.25) is 0 Å². The molecule has 0 bridgehead atoms. The number of aliphatic imine (C=N–C) groups is 1. The van der Waals surface area contributed by atoms with E-state index in [9.17, 15) is 13.2 Å². The third-order valence-corrected chi connectivity index (χ3v) is 4.75. The zero-order chi connectivity index (χ0) is 22.0. The summed E-state index contributed by atoms with van der Waals surface area (Å²) in [4.78, 5) is 6.81. The minimum atomic E-state index is -4.21. The number of methoxy groups -OCH3 is 2. The number of rotatable bonds is 9. The largest absolute Gasteiger partial charge is 0.493 e. The van der Waals surface area contributed by atoms with Crippen molar-refractivity contribution < 1.29 is 27.4 Å². The van der Waals surface area contributed by atoms with Gasteiger partial charge in [0, 0.05) is 26.2 Å². The molecular weight excluding hydrogens is 528 g/mol. The van der Waals surface area contributed by atoms with Crippen LogP contribution in [-0.4, -0.2) is 77.2 Å². The number of nitrogens with zero attached hydrogens (tertiary/aromatic N) is 2. The molecule has 1 aliphatic rings. The number of nitrogens with one attached hydrogen (secondary N) is 2. The molecule has 1 aliphatic heterocycles. The van der Waals surface area contributed by atoms with Crippen LogP contribution in [0.25, 0.3) is 0 Å². The smallest absolute Gasteiger partial charge is 0.390 e. The minimum absolute atomic E-state index is 0. The number of guanidine groups is 1. The van der Waals surface area contributed by atoms with Crippen molar-refractivity contribution in [3.05, 3.63) is 23.8 Å². The van der Waals surface area contributed by atoms with Gasteiger partial charge in [-0.05, 0) is 24.6 Å². The summed E-state index contributed by atoms with van der Waals surface area (Å²) in [6, 6.07) is 5.64. The third-order valence-electron chi connectivity index (χ3n) is 4.75. The first kappa shape index (κ1) is 27.6. The number of halogens is 4. The van der Waals surface area contributed by atoms with Gasteiger partial charge in [-0.15, -0.1) is 24.0 Å². The fourth-order valence-electron chi connectivity index (χ4n) is 3.22. The van der Waals surface area contributed by atoms with Gasteiger partial charge in [0.25, 0.3) is 0 Å². The van der Waals surface area contributed by atoms with E-state index in [1.807, 2.05) is 25.1 Å². The molecule has 31 heavy (non-hydrogen) atoms. The summed E-state index contributed by atoms with van der Waals surface area (Å²) in [5.74, 6) is 1.61. The van der Waals surface area contributed by atoms with Gasteiger partial charge in [0.15, 0.2) is 17.5 Å². The van der Waals surface area contributed by atoms with E-state index in [1.165, 1.54) is 0 Å². The molecule has 1 saturated heterocycles. The highest BCUT2D eigenvalue weighted by molar-refractivity contribution is 14.0. The van der Waals surface area contributed by atoms with Crippen molar-refractivity contribution in [1.29, 1.82) is 0 Å². The summed E-state index contributed by atoms with van der Waals surface area (Å²) < 4.78 is 53.6. The van der Waals surface area contributed by atoms with E-state index in [1.54, 1.807) is 14.2 Å². The highest BCUT2D eigenvalue weighted by Crippen LogP contribution is 2.32. The molecule has 0 amide bonds. The maximum absolute atomic E-state index is 12.5. The second kappa shape index (κ2) is 13.8. The van der Waals surface area contributed by atoms with Crippen molar-refractivity contribution in [2.24, 2.45) is 4.99 Å². The van der Waals surface area contributed by atoms with E-state index in [-0.39, 0.29) is 36.6 Å². The molecule has 7 nitrogen and oxygen atoms in total. The summed E-state index contributed by atoms with van der Waals surface area (Å²) >= 11 is 0. The quantitative estimate of drug-likeness (QED) is 0.275. The predicted octanol–water partition coefficient (Wildman–Crippen LogP) is 3.20. The normalized spacial score (nSPS) is 16.3. The Morgan fingerprint density at radius 2 is 1.84 bits per heavy atom. The lowest BCUT2D eigenvalue weighted by molar-refractivity contribution is -0.132. The standard InChI is InChI=1S/C20H31F3N4O3.HI/c1-4-24-19(25-8-7-20(21,22)23)26-14-16(27-9-11-30-12-10-27)15-5-6-17(28-2)18(13-15)29-3;/h5-6,13,16H,4,7-12,14H2,1-3H3,(H2,24,25,26);1H. The topological polar surface area (TPSA) is 67.4 Å². The van der Waals surface area contributed by atoms with E-state index < -0.39 is 12.6 Å². The molecule has 1 aromatic rings. The van der Waals surface area contributed by atoms with Gasteiger partial charge in [-0.2, -0.15) is 13.2 Å². The van der Waals surface area contributed by atoms with Gasteiger partial charge >= 0.3 is 6.18 Å². The molecule has 1 aromatic carbocycles. The molecule has 1 unspecified atom stereocenters. The summed E-state index contributed by atoms with van der Waals surface area (Å²) in [5.41, 5.74) is 0.990. The van der Waals surface area contributed by atoms with E-state index in [2.05, 4.69) is 20.5 Å². The molecule has 11 heteroatoms. The minimum Gasteiger partial charge on any atom is -0.493 e. The van der Waals surface area contributed by atoms with Crippen molar-refractivity contribution in [2.75, 3.05) is 60.2 Å². The fraction of sp³-hybridized carbons (Fsp3) is 0.650. The molecule has 0 spiro atoms. The lowest BCUT2D eigenvalue weighted by atomic mass is 10.0. The molecule has 0 radical (unpaired) electrons. The van der Waals surface area contributed by atoms with E-state index >= 15 is 0 Å². The highest BCUT2D eigenvalue weighted by Gasteiger charge is 2.27. The first-order valence-corrected chi connectivity index (χ1v) is 10.0. The van der Waals surface area contributed by atoms with Crippen LogP contribution < -0.4 is 20.1 Å². The van der Waals surface area contributed by atoms with Crippen LogP contribution in [-0.2, 0) is 4.74 Å². The van der Waals surface area contributed by atoms with Gasteiger partial charge in [-0.25, -0.2) is 0 Å². The Bertz CT molecular complexity index is 686. The second-order valence-electron chi connectivity index (χ2n) is 6.79. The van der Waals surface area contributed by atoms with E-state index in [0.717, 1.165) is 18.7 Å². The van der Waals surface area contributed by atoms with Crippen LogP contribution in [0.1, 0.15) is 24.9 Å². The lowest BCUT2D eigenvalue weighted by Gasteiger charge is -2.34. The number of morpholine rings is 1. The Labute approximate surface area is 198 Å². The SMILES string of the molecule is CCNC(=NCC(c1ccc(OC)c(OC)c1)N1CCOCC1)NCCC(F)(F)F.I. The molecule has 0 aromatic heterocycles. The van der Waals surface area contributed by atoms with Gasteiger partial charge in [0.2, 0.25) is 0 Å². The average Bonchev–Trinajstić information content (AvgIpc) is 2.73. The summed E-state index contributed by atoms with van der Waals surface area (Å²) in [7, 11) is 3.16. The lowest BCUT2D eigenvalue weighted by Crippen LogP contribution is -2.42. The van der Waals surface area contributed by atoms with E-state index in [0.29, 0.717) is 43.8 Å². The van der Waals surface area contributed by atoms with Crippen molar-refractivity contribution in [2.45, 2.75) is 25.6 Å². The fourth-order valence-corrected chi connectivity index (χ4v) is 3.22. The van der Waals surface area contributed by atoms with Crippen molar-refractivity contribution in [3.8, 4) is 11.5 Å². The Morgan fingerprint density at radius 3 is 2.42 bits per heavy atom. The summed E-state index contributed by atoms with van der Waals surface area (Å²) in [6.45, 7) is 5.30. The first-order valence-electron chi connectivity index (χ1n) is 10.0. The Balaban J connectivity index is 0.00000480. The van der Waals surface area contributed by atoms with Crippen LogP contribution in [0.5, 0.6) is 11.5 Å². The second-order valence-corrected chi connectivity index (χ2v) is 6.79. The van der Waals surface area contributed by atoms with E-state index in [4.69, 9.17) is 14.2 Å². The van der Waals surface area contributed by atoms with Gasteiger partial charge in [0.05, 0.1) is 46.4 Å². The van der Waals surface area contributed by atoms with Crippen LogP contribution in [0, 0.1) is 0 Å². The Morgan fingerprint density at radius 1 is 1.16 bits per heavy atom. The summed E-state index contributed by atoms with van der Waals surface area (Å²) in [6.07, 6.45) is -5.12. The predicted molar refractivity (Wildman–Crippen MR) is 125 cm³/mol. The molecule has 178 valence electrons. The number of alkyl halides is 3. The Kier molecular flexibility index (Phi) is 12.3. The molecular formula is C20H32F3IN4O3. The van der Waals surface area contributed by atoms with Crippen molar-refractivity contribution >= 4 is 29.9 Å². The van der Waals surface area contributed by atoms with Crippen molar-refractivity contribution in [3.63, 3.8) is 0 Å². The van der Waals surface area contributed by atoms with Gasteiger partial charge < -0.3 is 24.8 Å². The molecule has 2 N–H and O–H groups in total. The number of benzene rings is 1. The number of hydrogen-bond donors (Lipinski definition) is 2. The zero-order valence-electron chi connectivity index (χ0n) is 18.1. The molecule has 2 rings (SSSR count). The van der Waals surface area contributed by atoms with Gasteiger partial charge in [-0.3, -0.25) is 9.89 Å². The Hall–Kier alpha value is -1.47. The average molecular weight is 560 g/mol. The number of ether oxygens (including phenoxy) is 3. The maximum Gasteiger partial charge on any atom is 0.390 e. The first-order chi connectivity index (χ1) is 14.4. The van der Waals surface area contributed by atoms with Crippen LogP contribution in [0.4, 0.5) is 13.2 Å².